The Bertz CT molecular complexity index is 1440. The summed E-state index contributed by atoms with van der Waals surface area (Å²) in [6, 6.07) is 15.8. The Morgan fingerprint density at radius 2 is 1.62 bits per heavy atom. The van der Waals surface area contributed by atoms with Crippen LogP contribution in [0, 0.1) is 20.8 Å². The summed E-state index contributed by atoms with van der Waals surface area (Å²) in [5, 5.41) is 5.92. The second-order valence-electron chi connectivity index (χ2n) is 7.47. The van der Waals surface area contributed by atoms with Gasteiger partial charge in [0.05, 0.1) is 27.4 Å². The average molecular weight is 467 g/mol. The number of hydrogen-bond donors (Lipinski definition) is 1. The van der Waals surface area contributed by atoms with E-state index in [4.69, 9.17) is 5.14 Å². The van der Waals surface area contributed by atoms with Gasteiger partial charge < -0.3 is 4.57 Å². The monoisotopic (exact) mass is 466 g/mol. The number of hydrogen-bond acceptors (Lipinski definition) is 6. The molecule has 0 unspecified atom stereocenters. The molecule has 32 heavy (non-hydrogen) atoms. The molecule has 9 heteroatoms. The second-order valence-corrected chi connectivity index (χ2v) is 10.00. The number of nitrogens with two attached hydrogens (primary N) is 1. The van der Waals surface area contributed by atoms with Crippen molar-refractivity contribution in [2.75, 3.05) is 5.75 Å². The first kappa shape index (κ1) is 22.2. The van der Waals surface area contributed by atoms with Crippen LogP contribution in [-0.4, -0.2) is 34.5 Å². The Hall–Kier alpha value is -3.01. The Morgan fingerprint density at radius 1 is 1.00 bits per heavy atom. The highest BCUT2D eigenvalue weighted by Crippen LogP contribution is 2.26. The van der Waals surface area contributed by atoms with Crippen molar-refractivity contribution in [3.8, 4) is 5.69 Å². The number of ketones is 1. The Balaban J connectivity index is 1.57. The molecule has 2 aromatic heterocycles. The van der Waals surface area contributed by atoms with Gasteiger partial charge in [0.15, 0.2) is 5.78 Å². The molecule has 0 aliphatic carbocycles. The van der Waals surface area contributed by atoms with E-state index < -0.39 is 10.0 Å². The molecule has 0 fully saturated rings. The summed E-state index contributed by atoms with van der Waals surface area (Å²) < 4.78 is 24.9. The van der Waals surface area contributed by atoms with Gasteiger partial charge in [-0.25, -0.2) is 23.5 Å². The van der Waals surface area contributed by atoms with Crippen LogP contribution in [0.15, 0.2) is 64.5 Å². The van der Waals surface area contributed by atoms with Gasteiger partial charge in [-0.05, 0) is 63.2 Å². The maximum atomic E-state index is 13.0. The third kappa shape index (κ3) is 4.32. The summed E-state index contributed by atoms with van der Waals surface area (Å²) in [4.78, 5) is 22.3. The zero-order valence-electron chi connectivity index (χ0n) is 17.9. The molecule has 164 valence electrons. The Morgan fingerprint density at radius 3 is 2.25 bits per heavy atom. The highest BCUT2D eigenvalue weighted by Gasteiger charge is 2.18. The number of Topliss-reactive ketones (excluding diaryl/α,β-unsaturated/α-hetero) is 1. The van der Waals surface area contributed by atoms with Crippen LogP contribution in [0.5, 0.6) is 0 Å². The van der Waals surface area contributed by atoms with Gasteiger partial charge >= 0.3 is 0 Å². The van der Waals surface area contributed by atoms with E-state index in [1.54, 1.807) is 12.1 Å². The van der Waals surface area contributed by atoms with E-state index in [9.17, 15) is 13.2 Å². The largest absolute Gasteiger partial charge is 0.318 e. The van der Waals surface area contributed by atoms with Gasteiger partial charge in [-0.1, -0.05) is 23.9 Å². The predicted octanol–water partition coefficient (Wildman–Crippen LogP) is 3.97. The van der Waals surface area contributed by atoms with Crippen molar-refractivity contribution in [3.63, 3.8) is 0 Å². The number of fused-ring (bicyclic) bond motifs is 1. The number of primary sulfonamides is 1. The minimum atomic E-state index is -3.76. The summed E-state index contributed by atoms with van der Waals surface area (Å²) in [5.41, 5.74) is 5.47. The lowest BCUT2D eigenvalue weighted by Gasteiger charge is -2.11. The van der Waals surface area contributed by atoms with Crippen LogP contribution >= 0.6 is 11.8 Å². The molecule has 0 bridgehead atoms. The topological polar surface area (TPSA) is 108 Å². The lowest BCUT2D eigenvalue weighted by Crippen LogP contribution is -2.12. The third-order valence-corrected chi connectivity index (χ3v) is 7.19. The Labute approximate surface area is 190 Å². The fourth-order valence-corrected chi connectivity index (χ4v) is 5.00. The lowest BCUT2D eigenvalue weighted by atomic mass is 10.2. The highest BCUT2D eigenvalue weighted by atomic mass is 32.2. The first-order valence-corrected chi connectivity index (χ1v) is 12.4. The standard InChI is InChI=1S/C23H22N4O3S2/c1-14-12-19(16(3)27(14)17-8-10-18(11-9-17)32(24,29)30)22(28)13-31-23-15(2)25-20-6-4-5-7-21(20)26-23/h4-12H,13H2,1-3H3,(H2,24,29,30). The van der Waals surface area contributed by atoms with Crippen molar-refractivity contribution in [1.82, 2.24) is 14.5 Å². The van der Waals surface area contributed by atoms with Crippen LogP contribution in [0.1, 0.15) is 27.4 Å². The maximum Gasteiger partial charge on any atom is 0.238 e. The lowest BCUT2D eigenvalue weighted by molar-refractivity contribution is 0.102. The number of sulfonamides is 1. The fraction of sp³-hybridized carbons (Fsp3) is 0.174. The number of aryl methyl sites for hydroxylation is 2. The number of thioether (sulfide) groups is 1. The number of rotatable bonds is 6. The van der Waals surface area contributed by atoms with Gasteiger partial charge in [0.1, 0.15) is 5.03 Å². The first-order chi connectivity index (χ1) is 15.1. The number of para-hydroxylation sites is 2. The van der Waals surface area contributed by atoms with E-state index in [2.05, 4.69) is 9.97 Å². The summed E-state index contributed by atoms with van der Waals surface area (Å²) in [5.74, 6) is 0.229. The van der Waals surface area contributed by atoms with Crippen LogP contribution < -0.4 is 5.14 Å². The Kier molecular flexibility index (Phi) is 5.89. The van der Waals surface area contributed by atoms with Gasteiger partial charge in [-0.15, -0.1) is 0 Å². The summed E-state index contributed by atoms with van der Waals surface area (Å²) in [7, 11) is -3.76. The molecule has 2 aromatic carbocycles. The van der Waals surface area contributed by atoms with Crippen molar-refractivity contribution in [2.24, 2.45) is 5.14 Å². The molecule has 0 atom stereocenters. The second kappa shape index (κ2) is 8.50. The van der Waals surface area contributed by atoms with E-state index >= 15 is 0 Å². The molecule has 0 saturated carbocycles. The van der Waals surface area contributed by atoms with E-state index in [0.717, 1.165) is 38.8 Å². The molecule has 0 aliphatic heterocycles. The zero-order valence-corrected chi connectivity index (χ0v) is 19.5. The quantitative estimate of drug-likeness (QED) is 0.340. The van der Waals surface area contributed by atoms with Crippen molar-refractivity contribution >= 4 is 38.6 Å². The SMILES string of the molecule is Cc1nc2ccccc2nc1SCC(=O)c1cc(C)n(-c2ccc(S(N)(=O)=O)cc2)c1C. The molecule has 7 nitrogen and oxygen atoms in total. The minimum absolute atomic E-state index is 0.00938. The van der Waals surface area contributed by atoms with Gasteiger partial charge in [0.2, 0.25) is 10.0 Å². The number of benzene rings is 2. The van der Waals surface area contributed by atoms with Gasteiger partial charge in [0, 0.05) is 22.6 Å². The minimum Gasteiger partial charge on any atom is -0.318 e. The number of carbonyl (C=O) groups excluding carboxylic acids is 1. The van der Waals surface area contributed by atoms with Crippen molar-refractivity contribution in [2.45, 2.75) is 30.7 Å². The first-order valence-electron chi connectivity index (χ1n) is 9.86. The van der Waals surface area contributed by atoms with Crippen LogP contribution in [0.3, 0.4) is 0 Å². The van der Waals surface area contributed by atoms with E-state index in [0.29, 0.717) is 5.56 Å². The van der Waals surface area contributed by atoms with E-state index in [-0.39, 0.29) is 16.4 Å². The molecule has 0 radical (unpaired) electrons. The van der Waals surface area contributed by atoms with Crippen molar-refractivity contribution in [3.05, 3.63) is 77.2 Å². The maximum absolute atomic E-state index is 13.0. The molecule has 0 spiro atoms. The predicted molar refractivity (Wildman–Crippen MR) is 126 cm³/mol. The third-order valence-electron chi connectivity index (χ3n) is 5.20. The molecule has 4 rings (SSSR count). The van der Waals surface area contributed by atoms with Crippen LogP contribution in [0.2, 0.25) is 0 Å². The normalized spacial score (nSPS) is 11.8. The molecule has 2 heterocycles. The van der Waals surface area contributed by atoms with E-state index in [1.807, 2.05) is 55.7 Å². The molecule has 0 aliphatic rings. The van der Waals surface area contributed by atoms with Crippen LogP contribution in [-0.2, 0) is 10.0 Å². The van der Waals surface area contributed by atoms with Gasteiger partial charge in [-0.3, -0.25) is 4.79 Å². The molecular weight excluding hydrogens is 444 g/mol. The number of nitrogens with zero attached hydrogens (tertiary/aromatic N) is 3. The summed E-state index contributed by atoms with van der Waals surface area (Å²) in [6.07, 6.45) is 0. The molecular formula is C23H22N4O3S2. The average Bonchev–Trinajstić information content (AvgIpc) is 3.05. The van der Waals surface area contributed by atoms with Crippen molar-refractivity contribution in [1.29, 1.82) is 0 Å². The number of carbonyl (C=O) groups is 1. The summed E-state index contributed by atoms with van der Waals surface area (Å²) >= 11 is 1.38. The molecule has 0 amide bonds. The van der Waals surface area contributed by atoms with Gasteiger partial charge in [-0.2, -0.15) is 0 Å². The molecule has 2 N–H and O–H groups in total. The smallest absolute Gasteiger partial charge is 0.238 e. The number of aromatic nitrogens is 3. The van der Waals surface area contributed by atoms with Crippen molar-refractivity contribution < 1.29 is 13.2 Å². The fourth-order valence-electron chi connectivity index (χ4n) is 3.65. The van der Waals surface area contributed by atoms with Crippen LogP contribution in [0.4, 0.5) is 0 Å². The molecule has 0 saturated heterocycles. The van der Waals surface area contributed by atoms with Crippen LogP contribution in [0.25, 0.3) is 16.7 Å². The molecule has 4 aromatic rings. The zero-order chi connectivity index (χ0) is 23.0. The van der Waals surface area contributed by atoms with Gasteiger partial charge in [0.25, 0.3) is 0 Å². The highest BCUT2D eigenvalue weighted by molar-refractivity contribution is 8.00. The summed E-state index contributed by atoms with van der Waals surface area (Å²) in [6.45, 7) is 5.67. The van der Waals surface area contributed by atoms with E-state index in [1.165, 1.54) is 23.9 Å².